The first-order valence-corrected chi connectivity index (χ1v) is 17.5. The predicted molar refractivity (Wildman–Crippen MR) is 183 cm³/mol. The largest absolute Gasteiger partial charge is 0.573 e. The third-order valence-corrected chi connectivity index (χ3v) is 9.44. The highest BCUT2D eigenvalue weighted by atomic mass is 19.4. The third kappa shape index (κ3) is 11.2. The van der Waals surface area contributed by atoms with Gasteiger partial charge in [0.15, 0.2) is 6.10 Å². The monoisotopic (exact) mass is 729 g/mol. The van der Waals surface area contributed by atoms with E-state index in [1.165, 1.54) is 12.1 Å². The molecule has 0 aliphatic carbocycles. The number of carbonyl (C=O) groups is 3. The normalized spacial score (nSPS) is 17.8. The van der Waals surface area contributed by atoms with Gasteiger partial charge in [-0.3, -0.25) is 9.59 Å². The van der Waals surface area contributed by atoms with E-state index in [1.807, 2.05) is 54.9 Å². The number of alkyl halides is 3. The second-order valence-corrected chi connectivity index (χ2v) is 13.7. The maximum atomic E-state index is 14.1. The number of amides is 3. The summed E-state index contributed by atoms with van der Waals surface area (Å²) in [5.41, 5.74) is 1.33. The van der Waals surface area contributed by atoms with E-state index in [-0.39, 0.29) is 50.3 Å². The summed E-state index contributed by atoms with van der Waals surface area (Å²) in [6, 6.07) is 12.8. The molecule has 5 rings (SSSR count). The summed E-state index contributed by atoms with van der Waals surface area (Å²) in [4.78, 5) is 46.7. The van der Waals surface area contributed by atoms with Crippen LogP contribution >= 0.6 is 0 Å². The summed E-state index contributed by atoms with van der Waals surface area (Å²) < 4.78 is 54.9. The SMILES string of the molecule is CC(C)[C@H](NC(=O)[C@H](Cc1ccc(OC(F)(F)F)cc1)C[C@H](O)[C@H](Cc1ccccc1)NC(=O)OC1COC1)C(=O)N1CCC(n2ccnc2)CC1. The number of hydrogen-bond acceptors (Lipinski definition) is 8. The molecule has 2 aliphatic rings. The lowest BCUT2D eigenvalue weighted by molar-refractivity contribution is -0.274. The minimum absolute atomic E-state index is 0.0203. The molecule has 52 heavy (non-hydrogen) atoms. The van der Waals surface area contributed by atoms with Gasteiger partial charge < -0.3 is 39.4 Å². The summed E-state index contributed by atoms with van der Waals surface area (Å²) in [5.74, 6) is -2.36. The van der Waals surface area contributed by atoms with Gasteiger partial charge in [0.2, 0.25) is 11.8 Å². The van der Waals surface area contributed by atoms with E-state index in [2.05, 4.69) is 20.4 Å². The number of aromatic nitrogens is 2. The molecule has 2 fully saturated rings. The molecule has 15 heteroatoms. The fraction of sp³-hybridized carbons (Fsp3) is 0.514. The van der Waals surface area contributed by atoms with Crippen molar-refractivity contribution >= 4 is 17.9 Å². The van der Waals surface area contributed by atoms with Crippen LogP contribution in [0.4, 0.5) is 18.0 Å². The van der Waals surface area contributed by atoms with Gasteiger partial charge in [-0.1, -0.05) is 56.3 Å². The molecule has 1 aromatic heterocycles. The number of aliphatic hydroxyl groups is 1. The van der Waals surface area contributed by atoms with Gasteiger partial charge in [-0.15, -0.1) is 13.2 Å². The van der Waals surface area contributed by atoms with Crippen molar-refractivity contribution < 1.29 is 46.9 Å². The number of nitrogens with one attached hydrogen (secondary N) is 2. The van der Waals surface area contributed by atoms with Gasteiger partial charge in [0.25, 0.3) is 0 Å². The van der Waals surface area contributed by atoms with Crippen molar-refractivity contribution in [3.63, 3.8) is 0 Å². The van der Waals surface area contributed by atoms with Crippen LogP contribution in [0.5, 0.6) is 5.75 Å². The van der Waals surface area contributed by atoms with Crippen LogP contribution in [0.1, 0.15) is 50.3 Å². The molecule has 0 unspecified atom stereocenters. The maximum absolute atomic E-state index is 14.1. The topological polar surface area (TPSA) is 144 Å². The third-order valence-electron chi connectivity index (χ3n) is 9.44. The first-order chi connectivity index (χ1) is 24.8. The maximum Gasteiger partial charge on any atom is 0.573 e. The van der Waals surface area contributed by atoms with E-state index in [4.69, 9.17) is 9.47 Å². The van der Waals surface area contributed by atoms with Crippen molar-refractivity contribution in [2.24, 2.45) is 11.8 Å². The Morgan fingerprint density at radius 1 is 0.981 bits per heavy atom. The summed E-state index contributed by atoms with van der Waals surface area (Å²) in [6.45, 7) is 5.22. The van der Waals surface area contributed by atoms with Crippen LogP contribution in [0.15, 0.2) is 73.3 Å². The summed E-state index contributed by atoms with van der Waals surface area (Å²) >= 11 is 0. The number of imidazole rings is 1. The summed E-state index contributed by atoms with van der Waals surface area (Å²) in [7, 11) is 0. The Labute approximate surface area is 300 Å². The quantitative estimate of drug-likeness (QED) is 0.209. The number of alkyl carbamates (subject to hydrolysis) is 1. The molecule has 2 aliphatic heterocycles. The molecule has 0 radical (unpaired) electrons. The molecule has 2 saturated heterocycles. The minimum Gasteiger partial charge on any atom is -0.441 e. The number of carbonyl (C=O) groups excluding carboxylic acids is 3. The highest BCUT2D eigenvalue weighted by molar-refractivity contribution is 5.89. The molecule has 3 heterocycles. The molecule has 0 saturated carbocycles. The number of hydrogen-bond donors (Lipinski definition) is 3. The van der Waals surface area contributed by atoms with Crippen molar-refractivity contribution in [1.82, 2.24) is 25.1 Å². The van der Waals surface area contributed by atoms with Gasteiger partial charge in [0.05, 0.1) is 31.7 Å². The van der Waals surface area contributed by atoms with E-state index in [1.54, 1.807) is 17.4 Å². The second kappa shape index (κ2) is 17.7. The Balaban J connectivity index is 1.32. The Bertz CT molecular complexity index is 1580. The van der Waals surface area contributed by atoms with Crippen LogP contribution in [0.3, 0.4) is 0 Å². The number of ether oxygens (including phenoxy) is 3. The summed E-state index contributed by atoms with van der Waals surface area (Å²) in [5, 5.41) is 17.3. The van der Waals surface area contributed by atoms with Crippen molar-refractivity contribution in [2.45, 2.75) is 82.6 Å². The number of rotatable bonds is 15. The highest BCUT2D eigenvalue weighted by Gasteiger charge is 2.36. The molecular weight excluding hydrogens is 683 g/mol. The Morgan fingerprint density at radius 2 is 1.65 bits per heavy atom. The molecule has 4 atom stereocenters. The molecule has 0 spiro atoms. The molecule has 3 N–H and O–H groups in total. The van der Waals surface area contributed by atoms with Crippen molar-refractivity contribution in [2.75, 3.05) is 26.3 Å². The van der Waals surface area contributed by atoms with Crippen LogP contribution in [0.25, 0.3) is 0 Å². The lowest BCUT2D eigenvalue weighted by Crippen LogP contribution is -2.55. The van der Waals surface area contributed by atoms with E-state index < -0.39 is 54.3 Å². The molecule has 282 valence electrons. The number of piperidine rings is 1. The first-order valence-electron chi connectivity index (χ1n) is 17.5. The second-order valence-electron chi connectivity index (χ2n) is 13.7. The van der Waals surface area contributed by atoms with Crippen molar-refractivity contribution in [3.8, 4) is 5.75 Å². The van der Waals surface area contributed by atoms with Crippen molar-refractivity contribution in [3.05, 3.63) is 84.4 Å². The van der Waals surface area contributed by atoms with Crippen molar-refractivity contribution in [1.29, 1.82) is 0 Å². The van der Waals surface area contributed by atoms with E-state index in [0.717, 1.165) is 30.5 Å². The molecule has 2 aromatic carbocycles. The Hall–Kier alpha value is -4.63. The first kappa shape index (κ1) is 38.6. The van der Waals surface area contributed by atoms with Crippen LogP contribution in [0, 0.1) is 11.8 Å². The van der Waals surface area contributed by atoms with E-state index in [0.29, 0.717) is 18.7 Å². The lowest BCUT2D eigenvalue weighted by atomic mass is 9.88. The average Bonchev–Trinajstić information content (AvgIpc) is 3.64. The Morgan fingerprint density at radius 3 is 2.23 bits per heavy atom. The van der Waals surface area contributed by atoms with E-state index >= 15 is 0 Å². The number of likely N-dealkylation sites (tertiary alicyclic amines) is 1. The molecular formula is C37H46F3N5O7. The number of aliphatic hydroxyl groups excluding tert-OH is 1. The zero-order valence-corrected chi connectivity index (χ0v) is 29.2. The average molecular weight is 730 g/mol. The lowest BCUT2D eigenvalue weighted by Gasteiger charge is -2.36. The standard InChI is InChI=1S/C37H46F3N5O7/c1-24(2)33(35(48)44-15-12-28(13-16-44)45-17-14-41-23-45)43-34(47)27(18-26-8-10-29(11-9-26)52-37(38,39)40)20-32(46)31(19-25-6-4-3-5-7-25)42-36(49)51-30-21-50-22-30/h3-11,14,17,23-24,27-28,30-33,46H,12-13,15-16,18-22H2,1-2H3,(H,42,49)(H,43,47)/t27-,31+,32+,33+/m1/s1. The molecule has 3 aromatic rings. The fourth-order valence-electron chi connectivity index (χ4n) is 6.47. The van der Waals surface area contributed by atoms with Gasteiger partial charge in [-0.2, -0.15) is 0 Å². The highest BCUT2D eigenvalue weighted by Crippen LogP contribution is 2.26. The van der Waals surface area contributed by atoms with Crippen LogP contribution in [-0.4, -0.2) is 94.4 Å². The minimum atomic E-state index is -4.87. The number of benzene rings is 2. The molecule has 3 amide bonds. The molecule has 0 bridgehead atoms. The summed E-state index contributed by atoms with van der Waals surface area (Å²) in [6.07, 6.45) is -0.331. The number of halogens is 3. The van der Waals surface area contributed by atoms with Gasteiger partial charge in [0.1, 0.15) is 11.8 Å². The zero-order valence-electron chi connectivity index (χ0n) is 29.2. The van der Waals surface area contributed by atoms with E-state index in [9.17, 15) is 32.7 Å². The van der Waals surface area contributed by atoms with Crippen LogP contribution < -0.4 is 15.4 Å². The van der Waals surface area contributed by atoms with Gasteiger partial charge >= 0.3 is 12.5 Å². The Kier molecular flexibility index (Phi) is 13.2. The smallest absolute Gasteiger partial charge is 0.441 e. The number of nitrogens with zero attached hydrogens (tertiary/aromatic N) is 3. The van der Waals surface area contributed by atoms with Gasteiger partial charge in [-0.25, -0.2) is 9.78 Å². The molecule has 12 nitrogen and oxygen atoms in total. The van der Waals surface area contributed by atoms with Gasteiger partial charge in [0, 0.05) is 37.4 Å². The van der Waals surface area contributed by atoms with Crippen LogP contribution in [-0.2, 0) is 31.9 Å². The van der Waals surface area contributed by atoms with Crippen LogP contribution in [0.2, 0.25) is 0 Å². The fourth-order valence-corrected chi connectivity index (χ4v) is 6.47. The zero-order chi connectivity index (χ0) is 37.3. The van der Waals surface area contributed by atoms with Gasteiger partial charge in [-0.05, 0) is 61.3 Å². The predicted octanol–water partition coefficient (Wildman–Crippen LogP) is 4.43.